The lowest BCUT2D eigenvalue weighted by atomic mass is 9.83. The van der Waals surface area contributed by atoms with Gasteiger partial charge in [0.15, 0.2) is 0 Å². The van der Waals surface area contributed by atoms with Crippen molar-refractivity contribution >= 4 is 11.9 Å². The molecule has 2 aliphatic carbocycles. The molecule has 0 N–H and O–H groups in total. The summed E-state index contributed by atoms with van der Waals surface area (Å²) in [5.41, 5.74) is 0.152. The van der Waals surface area contributed by atoms with E-state index in [9.17, 15) is 9.59 Å². The maximum Gasteiger partial charge on any atom is 0.317 e. The number of epoxide rings is 2. The number of carbonyl (C=O) groups excluding carboxylic acids is 2. The molecule has 4 unspecified atom stereocenters. The molecule has 0 aromatic carbocycles. The predicted molar refractivity (Wildman–Crippen MR) is 87.8 cm³/mol. The number of esters is 2. The summed E-state index contributed by atoms with van der Waals surface area (Å²) in [5.74, 6) is -0.292. The highest BCUT2D eigenvalue weighted by atomic mass is 16.6. The Hall–Kier alpha value is -1.14. The molecule has 4 rings (SSSR count). The Morgan fingerprint density at radius 1 is 0.880 bits per heavy atom. The van der Waals surface area contributed by atoms with Gasteiger partial charge in [0.2, 0.25) is 0 Å². The van der Waals surface area contributed by atoms with Crippen molar-refractivity contribution in [2.45, 2.75) is 82.2 Å². The van der Waals surface area contributed by atoms with Crippen LogP contribution in [0.3, 0.4) is 0 Å². The third kappa shape index (κ3) is 3.85. The van der Waals surface area contributed by atoms with Crippen molar-refractivity contribution in [3.05, 3.63) is 0 Å². The average molecular weight is 352 g/mol. The molecule has 0 radical (unpaired) electrons. The van der Waals surface area contributed by atoms with E-state index in [4.69, 9.17) is 18.9 Å². The lowest BCUT2D eigenvalue weighted by Crippen LogP contribution is -2.27. The van der Waals surface area contributed by atoms with Gasteiger partial charge < -0.3 is 18.9 Å². The van der Waals surface area contributed by atoms with Crippen LogP contribution in [-0.4, -0.2) is 48.6 Å². The second-order valence-electron chi connectivity index (χ2n) is 8.66. The first-order valence-electron chi connectivity index (χ1n) is 9.53. The van der Waals surface area contributed by atoms with Crippen LogP contribution in [0, 0.1) is 11.8 Å². The van der Waals surface area contributed by atoms with Crippen molar-refractivity contribution in [1.29, 1.82) is 0 Å². The molecule has 0 amide bonds. The van der Waals surface area contributed by atoms with Crippen LogP contribution >= 0.6 is 0 Å². The number of carbonyl (C=O) groups is 2. The summed E-state index contributed by atoms with van der Waals surface area (Å²) in [6, 6.07) is 0. The normalized spacial score (nSPS) is 44.2. The molecule has 2 saturated heterocycles. The van der Waals surface area contributed by atoms with Gasteiger partial charge in [0.25, 0.3) is 0 Å². The van der Waals surface area contributed by atoms with Gasteiger partial charge in [0.05, 0.1) is 36.6 Å². The minimum Gasteiger partial charge on any atom is -0.465 e. The topological polar surface area (TPSA) is 77.7 Å². The number of ether oxygens (including phenoxy) is 4. The number of hydrogen-bond acceptors (Lipinski definition) is 6. The lowest BCUT2D eigenvalue weighted by Gasteiger charge is -2.22. The van der Waals surface area contributed by atoms with Gasteiger partial charge in [0.1, 0.15) is 6.42 Å². The largest absolute Gasteiger partial charge is 0.465 e. The molecule has 6 nitrogen and oxygen atoms in total. The number of hydrogen-bond donors (Lipinski definition) is 0. The van der Waals surface area contributed by atoms with E-state index in [2.05, 4.69) is 13.8 Å². The molecule has 0 bridgehead atoms. The van der Waals surface area contributed by atoms with Gasteiger partial charge in [-0.25, -0.2) is 0 Å². The van der Waals surface area contributed by atoms with E-state index in [1.54, 1.807) is 0 Å². The predicted octanol–water partition coefficient (Wildman–Crippen LogP) is 2.38. The Morgan fingerprint density at radius 2 is 1.32 bits per heavy atom. The van der Waals surface area contributed by atoms with E-state index in [1.165, 1.54) is 0 Å². The molecule has 6 heteroatoms. The summed E-state index contributed by atoms with van der Waals surface area (Å²) in [5, 5.41) is 0. The molecule has 140 valence electrons. The maximum atomic E-state index is 11.8. The first kappa shape index (κ1) is 17.3. The van der Waals surface area contributed by atoms with Crippen LogP contribution in [0.25, 0.3) is 0 Å². The molecule has 0 aromatic heterocycles. The van der Waals surface area contributed by atoms with Crippen molar-refractivity contribution in [3.63, 3.8) is 0 Å². The van der Waals surface area contributed by atoms with Gasteiger partial charge in [-0.1, -0.05) is 0 Å². The Morgan fingerprint density at radius 3 is 1.72 bits per heavy atom. The molecule has 4 aliphatic rings. The van der Waals surface area contributed by atoms with E-state index in [1.807, 2.05) is 0 Å². The van der Waals surface area contributed by atoms with Gasteiger partial charge in [-0.3, -0.25) is 9.59 Å². The molecule has 2 saturated carbocycles. The summed E-state index contributed by atoms with van der Waals surface area (Å²) in [6.45, 7) is 5.03. The standard InChI is InChI=1S/C19H28O6/c1-18-5-3-12(7-14(18)24-18)10-22-16(20)9-17(21)23-11-13-4-6-19(2)15(8-13)25-19/h12-15H,3-11H2,1-2H3/t12-,13?,14?,15?,18?,19-/m1/s1. The minimum absolute atomic E-state index is 0.0758. The average Bonchev–Trinajstić information content (AvgIpc) is 3.43. The van der Waals surface area contributed by atoms with Crippen LogP contribution in [0.4, 0.5) is 0 Å². The van der Waals surface area contributed by atoms with Crippen LogP contribution in [0.15, 0.2) is 0 Å². The first-order chi connectivity index (χ1) is 11.9. The second-order valence-corrected chi connectivity index (χ2v) is 8.66. The SMILES string of the molecule is CC12CC[C@@H](COC(=O)CC(=O)OCC3CC[C@@]4(C)OC4C3)CC1O2. The number of fused-ring (bicyclic) bond motifs is 2. The molecule has 0 aromatic rings. The molecular formula is C19H28O6. The fourth-order valence-corrected chi connectivity index (χ4v) is 4.38. The monoisotopic (exact) mass is 352 g/mol. The Balaban J connectivity index is 1.09. The van der Waals surface area contributed by atoms with E-state index < -0.39 is 11.9 Å². The van der Waals surface area contributed by atoms with Crippen LogP contribution in [0.5, 0.6) is 0 Å². The third-order valence-corrected chi connectivity index (χ3v) is 6.51. The zero-order valence-corrected chi connectivity index (χ0v) is 15.1. The van der Waals surface area contributed by atoms with Gasteiger partial charge in [0, 0.05) is 0 Å². The maximum absolute atomic E-state index is 11.8. The van der Waals surface area contributed by atoms with Crippen LogP contribution in [0.2, 0.25) is 0 Å². The summed E-state index contributed by atoms with van der Waals surface area (Å²) in [7, 11) is 0. The van der Waals surface area contributed by atoms with Gasteiger partial charge in [-0.2, -0.15) is 0 Å². The smallest absolute Gasteiger partial charge is 0.317 e. The molecule has 2 aliphatic heterocycles. The van der Waals surface area contributed by atoms with Crippen molar-refractivity contribution in [3.8, 4) is 0 Å². The Kier molecular flexibility index (Phi) is 4.31. The molecule has 2 heterocycles. The molecular weight excluding hydrogens is 324 g/mol. The van der Waals surface area contributed by atoms with Gasteiger partial charge in [-0.15, -0.1) is 0 Å². The zero-order chi connectivity index (χ0) is 17.7. The quantitative estimate of drug-likeness (QED) is 0.415. The fraction of sp³-hybridized carbons (Fsp3) is 0.895. The molecule has 4 fully saturated rings. The zero-order valence-electron chi connectivity index (χ0n) is 15.1. The van der Waals surface area contributed by atoms with Gasteiger partial charge >= 0.3 is 11.9 Å². The minimum atomic E-state index is -0.489. The summed E-state index contributed by atoms with van der Waals surface area (Å²) in [6.07, 6.45) is 6.29. The van der Waals surface area contributed by atoms with Crippen molar-refractivity contribution in [2.24, 2.45) is 11.8 Å². The fourth-order valence-electron chi connectivity index (χ4n) is 4.38. The summed E-state index contributed by atoms with van der Waals surface area (Å²) in [4.78, 5) is 23.7. The molecule has 25 heavy (non-hydrogen) atoms. The second kappa shape index (κ2) is 6.23. The molecule has 6 atom stereocenters. The first-order valence-corrected chi connectivity index (χ1v) is 9.53. The highest BCUT2D eigenvalue weighted by Gasteiger charge is 2.56. The lowest BCUT2D eigenvalue weighted by molar-refractivity contribution is -0.156. The van der Waals surface area contributed by atoms with E-state index in [0.29, 0.717) is 37.3 Å². The molecule has 0 spiro atoms. The van der Waals surface area contributed by atoms with Crippen LogP contribution < -0.4 is 0 Å². The van der Waals surface area contributed by atoms with Gasteiger partial charge in [-0.05, 0) is 64.2 Å². The Bertz CT molecular complexity index is 514. The van der Waals surface area contributed by atoms with Crippen LogP contribution in [-0.2, 0) is 28.5 Å². The van der Waals surface area contributed by atoms with Crippen molar-refractivity contribution in [1.82, 2.24) is 0 Å². The number of rotatable bonds is 6. The van der Waals surface area contributed by atoms with E-state index in [0.717, 1.165) is 38.5 Å². The Labute approximate surface area is 148 Å². The van der Waals surface area contributed by atoms with Crippen molar-refractivity contribution in [2.75, 3.05) is 13.2 Å². The highest BCUT2D eigenvalue weighted by Crippen LogP contribution is 2.50. The van der Waals surface area contributed by atoms with E-state index in [-0.39, 0.29) is 17.6 Å². The summed E-state index contributed by atoms with van der Waals surface area (Å²) >= 11 is 0. The van der Waals surface area contributed by atoms with Crippen molar-refractivity contribution < 1.29 is 28.5 Å². The van der Waals surface area contributed by atoms with E-state index >= 15 is 0 Å². The van der Waals surface area contributed by atoms with Crippen LogP contribution in [0.1, 0.15) is 58.8 Å². The summed E-state index contributed by atoms with van der Waals surface area (Å²) < 4.78 is 21.8. The third-order valence-electron chi connectivity index (χ3n) is 6.51. The highest BCUT2D eigenvalue weighted by molar-refractivity contribution is 5.91.